The molecule has 0 saturated heterocycles. The summed E-state index contributed by atoms with van der Waals surface area (Å²) < 4.78 is 11.6. The smallest absolute Gasteiger partial charge is 0.140 e. The number of benzene rings is 1. The lowest BCUT2D eigenvalue weighted by Crippen LogP contribution is -2.03. The van der Waals surface area contributed by atoms with Crippen LogP contribution in [0.25, 0.3) is 0 Å². The first kappa shape index (κ1) is 12.2. The summed E-state index contributed by atoms with van der Waals surface area (Å²) in [5.41, 5.74) is 0.691. The summed E-state index contributed by atoms with van der Waals surface area (Å²) in [7, 11) is 0. The Balaban J connectivity index is 2.38. The third kappa shape index (κ3) is 2.70. The first-order valence-electron chi connectivity index (χ1n) is 5.36. The molecule has 0 bridgehead atoms. The first-order chi connectivity index (χ1) is 8.22. The van der Waals surface area contributed by atoms with Crippen LogP contribution in [-0.2, 0) is 0 Å². The van der Waals surface area contributed by atoms with Gasteiger partial charge in [-0.15, -0.1) is 0 Å². The highest BCUT2D eigenvalue weighted by Crippen LogP contribution is 2.32. The standard InChI is InChI=1S/C13H13BrO3/c1-2-16-11-6-5-9(14)8-10(11)13(15)12-4-3-7-17-12/h3-8,13,15H,2H2,1H3. The highest BCUT2D eigenvalue weighted by molar-refractivity contribution is 9.10. The molecular formula is C13H13BrO3. The zero-order chi connectivity index (χ0) is 12.3. The third-order valence-corrected chi connectivity index (χ3v) is 2.87. The van der Waals surface area contributed by atoms with Gasteiger partial charge in [0.05, 0.1) is 12.9 Å². The molecule has 1 N–H and O–H groups in total. The Morgan fingerprint density at radius 3 is 2.88 bits per heavy atom. The van der Waals surface area contributed by atoms with Gasteiger partial charge in [0.15, 0.2) is 0 Å². The lowest BCUT2D eigenvalue weighted by atomic mass is 10.1. The minimum absolute atomic E-state index is 0.504. The van der Waals surface area contributed by atoms with Crippen LogP contribution in [0.2, 0.25) is 0 Å². The molecule has 0 fully saturated rings. The fraction of sp³-hybridized carbons (Fsp3) is 0.231. The van der Waals surface area contributed by atoms with Gasteiger partial charge in [0, 0.05) is 10.0 Å². The molecule has 90 valence electrons. The SMILES string of the molecule is CCOc1ccc(Br)cc1C(O)c1ccco1. The molecule has 3 nitrogen and oxygen atoms in total. The van der Waals surface area contributed by atoms with Crippen LogP contribution in [-0.4, -0.2) is 11.7 Å². The van der Waals surface area contributed by atoms with Gasteiger partial charge in [-0.25, -0.2) is 0 Å². The van der Waals surface area contributed by atoms with Gasteiger partial charge < -0.3 is 14.3 Å². The molecule has 2 aromatic rings. The predicted octanol–water partition coefficient (Wildman–Crippen LogP) is 3.52. The number of hydrogen-bond donors (Lipinski definition) is 1. The second-order valence-corrected chi connectivity index (χ2v) is 4.45. The normalized spacial score (nSPS) is 12.4. The van der Waals surface area contributed by atoms with Crippen molar-refractivity contribution in [1.82, 2.24) is 0 Å². The van der Waals surface area contributed by atoms with Gasteiger partial charge in [0.1, 0.15) is 17.6 Å². The van der Waals surface area contributed by atoms with Crippen molar-refractivity contribution in [2.45, 2.75) is 13.0 Å². The van der Waals surface area contributed by atoms with Crippen LogP contribution in [0.5, 0.6) is 5.75 Å². The zero-order valence-corrected chi connectivity index (χ0v) is 11.0. The number of aliphatic hydroxyl groups is 1. The maximum Gasteiger partial charge on any atom is 0.140 e. The molecule has 0 amide bonds. The second-order valence-electron chi connectivity index (χ2n) is 3.53. The van der Waals surface area contributed by atoms with Crippen molar-refractivity contribution in [1.29, 1.82) is 0 Å². The van der Waals surface area contributed by atoms with Crippen LogP contribution in [0.15, 0.2) is 45.5 Å². The van der Waals surface area contributed by atoms with Crippen molar-refractivity contribution in [3.63, 3.8) is 0 Å². The van der Waals surface area contributed by atoms with Crippen LogP contribution in [0.4, 0.5) is 0 Å². The van der Waals surface area contributed by atoms with Crippen LogP contribution in [0.3, 0.4) is 0 Å². The van der Waals surface area contributed by atoms with E-state index in [0.29, 0.717) is 23.7 Å². The summed E-state index contributed by atoms with van der Waals surface area (Å²) in [6.45, 7) is 2.46. The number of furan rings is 1. The number of hydrogen-bond acceptors (Lipinski definition) is 3. The molecule has 0 aliphatic carbocycles. The Hall–Kier alpha value is -1.26. The summed E-state index contributed by atoms with van der Waals surface area (Å²) in [4.78, 5) is 0. The number of aliphatic hydroxyl groups excluding tert-OH is 1. The molecule has 0 radical (unpaired) electrons. The maximum atomic E-state index is 10.2. The highest BCUT2D eigenvalue weighted by Gasteiger charge is 2.18. The van der Waals surface area contributed by atoms with Crippen LogP contribution in [0.1, 0.15) is 24.4 Å². The van der Waals surface area contributed by atoms with Crippen LogP contribution in [0, 0.1) is 0 Å². The van der Waals surface area contributed by atoms with E-state index >= 15 is 0 Å². The monoisotopic (exact) mass is 296 g/mol. The molecule has 0 aliphatic rings. The van der Waals surface area contributed by atoms with Gasteiger partial charge in [-0.3, -0.25) is 0 Å². The first-order valence-corrected chi connectivity index (χ1v) is 6.15. The fourth-order valence-corrected chi connectivity index (χ4v) is 2.00. The van der Waals surface area contributed by atoms with E-state index in [9.17, 15) is 5.11 Å². The Kier molecular flexibility index (Phi) is 3.86. The third-order valence-electron chi connectivity index (χ3n) is 2.38. The van der Waals surface area contributed by atoms with Gasteiger partial charge in [-0.2, -0.15) is 0 Å². The van der Waals surface area contributed by atoms with E-state index in [0.717, 1.165) is 4.47 Å². The van der Waals surface area contributed by atoms with Gasteiger partial charge >= 0.3 is 0 Å². The molecule has 1 unspecified atom stereocenters. The lowest BCUT2D eigenvalue weighted by Gasteiger charge is -2.14. The Bertz CT molecular complexity index is 479. The Morgan fingerprint density at radius 2 is 2.24 bits per heavy atom. The minimum Gasteiger partial charge on any atom is -0.493 e. The van der Waals surface area contributed by atoms with E-state index in [1.165, 1.54) is 6.26 Å². The van der Waals surface area contributed by atoms with E-state index in [-0.39, 0.29) is 0 Å². The summed E-state index contributed by atoms with van der Waals surface area (Å²) in [6, 6.07) is 9.02. The number of ether oxygens (including phenoxy) is 1. The van der Waals surface area contributed by atoms with Crippen molar-refractivity contribution in [3.05, 3.63) is 52.4 Å². The second kappa shape index (κ2) is 5.38. The van der Waals surface area contributed by atoms with E-state index in [1.54, 1.807) is 12.1 Å². The average Bonchev–Trinajstić information content (AvgIpc) is 2.84. The van der Waals surface area contributed by atoms with E-state index in [2.05, 4.69) is 15.9 Å². The van der Waals surface area contributed by atoms with E-state index in [4.69, 9.17) is 9.15 Å². The summed E-state index contributed by atoms with van der Waals surface area (Å²) in [5, 5.41) is 10.2. The molecule has 1 atom stereocenters. The van der Waals surface area contributed by atoms with Crippen molar-refractivity contribution in [2.75, 3.05) is 6.61 Å². The topological polar surface area (TPSA) is 42.6 Å². The number of halogens is 1. The van der Waals surface area contributed by atoms with E-state index < -0.39 is 6.10 Å². The van der Waals surface area contributed by atoms with Crippen LogP contribution >= 0.6 is 15.9 Å². The molecule has 1 aromatic carbocycles. The van der Waals surface area contributed by atoms with Crippen LogP contribution < -0.4 is 4.74 Å². The molecule has 17 heavy (non-hydrogen) atoms. The minimum atomic E-state index is -0.816. The summed E-state index contributed by atoms with van der Waals surface area (Å²) >= 11 is 3.38. The van der Waals surface area contributed by atoms with Gasteiger partial charge in [-0.05, 0) is 37.3 Å². The Morgan fingerprint density at radius 1 is 1.41 bits per heavy atom. The largest absolute Gasteiger partial charge is 0.493 e. The average molecular weight is 297 g/mol. The molecular weight excluding hydrogens is 284 g/mol. The molecule has 4 heteroatoms. The predicted molar refractivity (Wildman–Crippen MR) is 68.1 cm³/mol. The molecule has 1 heterocycles. The Labute approximate surface area is 108 Å². The van der Waals surface area contributed by atoms with Gasteiger partial charge in [0.2, 0.25) is 0 Å². The molecule has 0 spiro atoms. The van der Waals surface area contributed by atoms with Gasteiger partial charge in [-0.1, -0.05) is 15.9 Å². The van der Waals surface area contributed by atoms with Crippen molar-refractivity contribution >= 4 is 15.9 Å². The van der Waals surface area contributed by atoms with Crippen molar-refractivity contribution in [3.8, 4) is 5.75 Å². The van der Waals surface area contributed by atoms with Crippen molar-refractivity contribution in [2.24, 2.45) is 0 Å². The molecule has 0 aliphatic heterocycles. The maximum absolute atomic E-state index is 10.2. The summed E-state index contributed by atoms with van der Waals surface area (Å²) in [6.07, 6.45) is 0.723. The molecule has 2 rings (SSSR count). The fourth-order valence-electron chi connectivity index (χ4n) is 1.62. The summed E-state index contributed by atoms with van der Waals surface area (Å²) in [5.74, 6) is 1.17. The van der Waals surface area contributed by atoms with Crippen molar-refractivity contribution < 1.29 is 14.3 Å². The number of rotatable bonds is 4. The van der Waals surface area contributed by atoms with E-state index in [1.807, 2.05) is 25.1 Å². The molecule has 0 saturated carbocycles. The molecule has 1 aromatic heterocycles. The van der Waals surface area contributed by atoms with Gasteiger partial charge in [0.25, 0.3) is 0 Å². The quantitative estimate of drug-likeness (QED) is 0.939. The zero-order valence-electron chi connectivity index (χ0n) is 9.39. The highest BCUT2D eigenvalue weighted by atomic mass is 79.9. The lowest BCUT2D eigenvalue weighted by molar-refractivity contribution is 0.183.